The molecule has 0 saturated carbocycles. The number of carbonyl (C=O) groups excluding carboxylic acids is 1. The van der Waals surface area contributed by atoms with Crippen LogP contribution in [0.1, 0.15) is 10.5 Å². The molecule has 0 radical (unpaired) electrons. The number of aromatic nitrogens is 1. The molecule has 0 aromatic carbocycles. The number of anilines is 1. The van der Waals surface area contributed by atoms with Crippen LogP contribution in [0.3, 0.4) is 0 Å². The van der Waals surface area contributed by atoms with E-state index >= 15 is 0 Å². The zero-order valence-corrected chi connectivity index (χ0v) is 9.27. The van der Waals surface area contributed by atoms with Gasteiger partial charge in [-0.05, 0) is 12.1 Å². The van der Waals surface area contributed by atoms with E-state index in [1.54, 1.807) is 13.2 Å². The first-order valence-corrected chi connectivity index (χ1v) is 5.31. The van der Waals surface area contributed by atoms with E-state index in [2.05, 4.69) is 15.2 Å². The second-order valence-electron chi connectivity index (χ2n) is 3.62. The lowest BCUT2D eigenvalue weighted by Gasteiger charge is -2.30. The Morgan fingerprint density at radius 3 is 2.81 bits per heavy atom. The van der Waals surface area contributed by atoms with Gasteiger partial charge in [-0.15, -0.1) is 0 Å². The van der Waals surface area contributed by atoms with Crippen molar-refractivity contribution in [3.8, 4) is 5.88 Å². The van der Waals surface area contributed by atoms with Gasteiger partial charge in [0, 0.05) is 26.2 Å². The van der Waals surface area contributed by atoms with E-state index in [-0.39, 0.29) is 0 Å². The number of piperazine rings is 1. The monoisotopic (exact) mass is 221 g/mol. The Labute approximate surface area is 94.4 Å². The van der Waals surface area contributed by atoms with Crippen LogP contribution in [-0.2, 0) is 0 Å². The van der Waals surface area contributed by atoms with Crippen LogP contribution in [0.4, 0.5) is 5.69 Å². The first-order chi connectivity index (χ1) is 7.85. The molecule has 0 spiro atoms. The molecule has 5 nitrogen and oxygen atoms in total. The number of rotatable bonds is 3. The van der Waals surface area contributed by atoms with Crippen molar-refractivity contribution in [2.75, 3.05) is 38.2 Å². The number of hydrogen-bond donors (Lipinski definition) is 1. The average molecular weight is 221 g/mol. The van der Waals surface area contributed by atoms with Crippen molar-refractivity contribution in [3.05, 3.63) is 17.8 Å². The maximum atomic E-state index is 10.6. The minimum Gasteiger partial charge on any atom is -0.480 e. The van der Waals surface area contributed by atoms with Crippen LogP contribution < -0.4 is 15.0 Å². The minimum absolute atomic E-state index is 0.399. The van der Waals surface area contributed by atoms with Gasteiger partial charge in [-0.1, -0.05) is 0 Å². The third-order valence-corrected chi connectivity index (χ3v) is 2.63. The van der Waals surface area contributed by atoms with E-state index < -0.39 is 0 Å². The summed E-state index contributed by atoms with van der Waals surface area (Å²) in [5.41, 5.74) is 1.35. The predicted molar refractivity (Wildman–Crippen MR) is 61.3 cm³/mol. The highest BCUT2D eigenvalue weighted by atomic mass is 16.5. The summed E-state index contributed by atoms with van der Waals surface area (Å²) in [6, 6.07) is 3.60. The van der Waals surface area contributed by atoms with Crippen LogP contribution in [0, 0.1) is 0 Å². The number of aldehydes is 1. The topological polar surface area (TPSA) is 54.5 Å². The van der Waals surface area contributed by atoms with Crippen LogP contribution in [-0.4, -0.2) is 44.6 Å². The molecule has 1 aliphatic heterocycles. The summed E-state index contributed by atoms with van der Waals surface area (Å²) in [7, 11) is 1.57. The summed E-state index contributed by atoms with van der Waals surface area (Å²) >= 11 is 0. The zero-order valence-electron chi connectivity index (χ0n) is 9.27. The SMILES string of the molecule is COc1nc(C=O)ccc1N1CCNCC1. The molecule has 0 atom stereocenters. The summed E-state index contributed by atoms with van der Waals surface area (Å²) in [5, 5.41) is 3.29. The van der Waals surface area contributed by atoms with E-state index in [1.807, 2.05) is 6.07 Å². The number of nitrogens with zero attached hydrogens (tertiary/aromatic N) is 2. The van der Waals surface area contributed by atoms with Gasteiger partial charge in [0.25, 0.3) is 0 Å². The fourth-order valence-corrected chi connectivity index (χ4v) is 1.81. The highest BCUT2D eigenvalue weighted by Crippen LogP contribution is 2.26. The first kappa shape index (κ1) is 10.9. The molecular formula is C11H15N3O2. The van der Waals surface area contributed by atoms with Crippen molar-refractivity contribution >= 4 is 12.0 Å². The number of methoxy groups -OCH3 is 1. The maximum Gasteiger partial charge on any atom is 0.237 e. The molecule has 5 heteroatoms. The minimum atomic E-state index is 0.399. The third-order valence-electron chi connectivity index (χ3n) is 2.63. The van der Waals surface area contributed by atoms with Crippen LogP contribution >= 0.6 is 0 Å². The molecule has 2 rings (SSSR count). The maximum absolute atomic E-state index is 10.6. The molecule has 0 aliphatic carbocycles. The number of ether oxygens (including phenoxy) is 1. The Morgan fingerprint density at radius 2 is 2.19 bits per heavy atom. The van der Waals surface area contributed by atoms with Gasteiger partial charge in [0.2, 0.25) is 5.88 Å². The largest absolute Gasteiger partial charge is 0.480 e. The van der Waals surface area contributed by atoms with Gasteiger partial charge in [0.1, 0.15) is 5.69 Å². The molecule has 0 unspecified atom stereocenters. The van der Waals surface area contributed by atoms with Gasteiger partial charge >= 0.3 is 0 Å². The van der Waals surface area contributed by atoms with Crippen LogP contribution in [0.5, 0.6) is 5.88 Å². The van der Waals surface area contributed by atoms with E-state index in [1.165, 1.54) is 0 Å². The van der Waals surface area contributed by atoms with Crippen LogP contribution in [0.15, 0.2) is 12.1 Å². The molecule has 16 heavy (non-hydrogen) atoms. The van der Waals surface area contributed by atoms with Gasteiger partial charge in [0.15, 0.2) is 6.29 Å². The van der Waals surface area contributed by atoms with Crippen molar-refractivity contribution < 1.29 is 9.53 Å². The van der Waals surface area contributed by atoms with Crippen LogP contribution in [0.2, 0.25) is 0 Å². The van der Waals surface area contributed by atoms with Gasteiger partial charge in [-0.2, -0.15) is 0 Å². The highest BCUT2D eigenvalue weighted by Gasteiger charge is 2.15. The summed E-state index contributed by atoms with van der Waals surface area (Å²) in [5.74, 6) is 0.520. The lowest BCUT2D eigenvalue weighted by atomic mass is 10.2. The normalized spacial score (nSPS) is 15.9. The van der Waals surface area contributed by atoms with Crippen molar-refractivity contribution in [1.29, 1.82) is 0 Å². The Kier molecular flexibility index (Phi) is 3.36. The molecule has 1 saturated heterocycles. The quantitative estimate of drug-likeness (QED) is 0.745. The second-order valence-corrected chi connectivity index (χ2v) is 3.62. The fraction of sp³-hybridized carbons (Fsp3) is 0.455. The number of carbonyl (C=O) groups is 1. The van der Waals surface area contributed by atoms with Crippen molar-refractivity contribution in [1.82, 2.24) is 10.3 Å². The predicted octanol–water partition coefficient (Wildman–Crippen LogP) is 0.312. The molecule has 0 bridgehead atoms. The van der Waals surface area contributed by atoms with E-state index in [0.29, 0.717) is 11.6 Å². The van der Waals surface area contributed by atoms with Crippen molar-refractivity contribution in [3.63, 3.8) is 0 Å². The summed E-state index contributed by atoms with van der Waals surface area (Å²) < 4.78 is 5.21. The Hall–Kier alpha value is -1.62. The first-order valence-electron chi connectivity index (χ1n) is 5.31. The molecule has 1 aliphatic rings. The summed E-state index contributed by atoms with van der Waals surface area (Å²) in [6.07, 6.45) is 0.726. The third kappa shape index (κ3) is 2.14. The Bertz CT molecular complexity index is 375. The standard InChI is InChI=1S/C11H15N3O2/c1-16-11-10(3-2-9(8-15)13-11)14-6-4-12-5-7-14/h2-3,8,12H,4-7H2,1H3. The van der Waals surface area contributed by atoms with Gasteiger partial charge in [-0.3, -0.25) is 4.79 Å². The molecule has 1 N–H and O–H groups in total. The summed E-state index contributed by atoms with van der Waals surface area (Å²) in [4.78, 5) is 17.0. The second kappa shape index (κ2) is 4.94. The smallest absolute Gasteiger partial charge is 0.237 e. The van der Waals surface area contributed by atoms with Crippen LogP contribution in [0.25, 0.3) is 0 Å². The average Bonchev–Trinajstić information content (AvgIpc) is 2.39. The van der Waals surface area contributed by atoms with Gasteiger partial charge < -0.3 is 15.0 Å². The summed E-state index contributed by atoms with van der Waals surface area (Å²) in [6.45, 7) is 3.77. The molecule has 2 heterocycles. The molecule has 1 aromatic heterocycles. The Morgan fingerprint density at radius 1 is 1.44 bits per heavy atom. The molecule has 86 valence electrons. The fourth-order valence-electron chi connectivity index (χ4n) is 1.81. The number of pyridine rings is 1. The van der Waals surface area contributed by atoms with Crippen molar-refractivity contribution in [2.24, 2.45) is 0 Å². The lowest BCUT2D eigenvalue weighted by Crippen LogP contribution is -2.43. The van der Waals surface area contributed by atoms with Gasteiger partial charge in [-0.25, -0.2) is 4.98 Å². The lowest BCUT2D eigenvalue weighted by molar-refractivity contribution is 0.111. The molecule has 0 amide bonds. The molecular weight excluding hydrogens is 206 g/mol. The zero-order chi connectivity index (χ0) is 11.4. The Balaban J connectivity index is 2.27. The van der Waals surface area contributed by atoms with Crippen molar-refractivity contribution in [2.45, 2.75) is 0 Å². The number of nitrogens with one attached hydrogen (secondary N) is 1. The number of hydrogen-bond acceptors (Lipinski definition) is 5. The van der Waals surface area contributed by atoms with E-state index in [9.17, 15) is 4.79 Å². The highest BCUT2D eigenvalue weighted by molar-refractivity contribution is 5.73. The van der Waals surface area contributed by atoms with Gasteiger partial charge in [0.05, 0.1) is 12.8 Å². The molecule has 1 fully saturated rings. The van der Waals surface area contributed by atoms with E-state index in [4.69, 9.17) is 4.74 Å². The molecule has 1 aromatic rings. The van der Waals surface area contributed by atoms with E-state index in [0.717, 1.165) is 38.2 Å².